The first kappa shape index (κ1) is 14.1. The van der Waals surface area contributed by atoms with Gasteiger partial charge in [0.15, 0.2) is 5.69 Å². The largest absolute Gasteiger partial charge is 0.464 e. The zero-order valence-corrected chi connectivity index (χ0v) is 13.0. The lowest BCUT2D eigenvalue weighted by Crippen LogP contribution is -2.09. The Morgan fingerprint density at radius 3 is 2.84 bits per heavy atom. The Balaban J connectivity index is 2.38. The van der Waals surface area contributed by atoms with E-state index < -0.39 is 5.97 Å². The second-order valence-electron chi connectivity index (χ2n) is 3.90. The predicted molar refractivity (Wildman–Crippen MR) is 78.5 cm³/mol. The molecule has 2 heterocycles. The summed E-state index contributed by atoms with van der Waals surface area (Å²) in [5.74, 6) is 0.633. The van der Waals surface area contributed by atoms with Crippen molar-refractivity contribution >= 4 is 39.1 Å². The number of aromatic nitrogens is 2. The van der Waals surface area contributed by atoms with E-state index in [0.29, 0.717) is 18.8 Å². The van der Waals surface area contributed by atoms with Gasteiger partial charge in [0.1, 0.15) is 11.6 Å². The third-order valence-corrected chi connectivity index (χ3v) is 4.33. The number of methoxy groups -OCH3 is 1. The number of nitrogen functional groups attached to an aromatic ring is 1. The third kappa shape index (κ3) is 2.82. The number of ether oxygens (including phenoxy) is 1. The maximum absolute atomic E-state index is 11.6. The van der Waals surface area contributed by atoms with Gasteiger partial charge in [-0.1, -0.05) is 6.92 Å². The average molecular weight is 344 g/mol. The summed E-state index contributed by atoms with van der Waals surface area (Å²) in [5, 5.41) is 0. The number of nitrogens with two attached hydrogens (primary N) is 1. The van der Waals surface area contributed by atoms with Gasteiger partial charge in [0.25, 0.3) is 0 Å². The van der Waals surface area contributed by atoms with Gasteiger partial charge in [0, 0.05) is 11.3 Å². The molecule has 0 fully saturated rings. The Kier molecular flexibility index (Phi) is 4.26. The monoisotopic (exact) mass is 343 g/mol. The van der Waals surface area contributed by atoms with E-state index in [1.54, 1.807) is 11.3 Å². The highest BCUT2D eigenvalue weighted by atomic mass is 79.9. The fraction of sp³-hybridized carbons (Fsp3) is 0.333. The minimum atomic E-state index is -0.502. The fourth-order valence-corrected chi connectivity index (χ4v) is 3.27. The van der Waals surface area contributed by atoms with Gasteiger partial charge in [-0.05, 0) is 28.1 Å². The fourth-order valence-electron chi connectivity index (χ4n) is 1.80. The predicted octanol–water partition coefficient (Wildman–Crippen LogP) is 2.69. The summed E-state index contributed by atoms with van der Waals surface area (Å²) in [6.45, 7) is 2.58. The van der Waals surface area contributed by atoms with Crippen molar-refractivity contribution in [3.8, 4) is 0 Å². The maximum atomic E-state index is 11.6. The number of thiophene rings is 1. The van der Waals surface area contributed by atoms with E-state index in [1.807, 2.05) is 23.6 Å². The van der Waals surface area contributed by atoms with Crippen molar-refractivity contribution in [3.05, 3.63) is 32.3 Å². The molecular weight excluding hydrogens is 330 g/mol. The van der Waals surface area contributed by atoms with E-state index in [9.17, 15) is 4.79 Å². The van der Waals surface area contributed by atoms with Gasteiger partial charge in [0.2, 0.25) is 0 Å². The van der Waals surface area contributed by atoms with Gasteiger partial charge in [0.05, 0.1) is 17.4 Å². The average Bonchev–Trinajstić information content (AvgIpc) is 2.94. The first-order valence-corrected chi connectivity index (χ1v) is 7.35. The molecule has 0 saturated heterocycles. The molecule has 0 radical (unpaired) electrons. The molecule has 102 valence electrons. The summed E-state index contributed by atoms with van der Waals surface area (Å²) < 4.78 is 7.60. The number of rotatable bonds is 4. The Morgan fingerprint density at radius 2 is 2.32 bits per heavy atom. The van der Waals surface area contributed by atoms with Gasteiger partial charge in [-0.2, -0.15) is 0 Å². The molecule has 2 aromatic rings. The minimum absolute atomic E-state index is 0.190. The van der Waals surface area contributed by atoms with Crippen molar-refractivity contribution in [2.45, 2.75) is 19.9 Å². The van der Waals surface area contributed by atoms with E-state index in [4.69, 9.17) is 5.73 Å². The number of anilines is 1. The highest BCUT2D eigenvalue weighted by molar-refractivity contribution is 9.11. The van der Waals surface area contributed by atoms with Crippen LogP contribution in [0.5, 0.6) is 0 Å². The van der Waals surface area contributed by atoms with Crippen molar-refractivity contribution in [1.29, 1.82) is 0 Å². The highest BCUT2D eigenvalue weighted by Gasteiger charge is 2.20. The lowest BCUT2D eigenvalue weighted by Gasteiger charge is -2.07. The Labute approximate surface area is 123 Å². The molecule has 0 amide bonds. The van der Waals surface area contributed by atoms with E-state index >= 15 is 0 Å². The Hall–Kier alpha value is -1.34. The summed E-state index contributed by atoms with van der Waals surface area (Å²) >= 11 is 5.06. The second-order valence-corrected chi connectivity index (χ2v) is 6.45. The molecule has 0 aromatic carbocycles. The topological polar surface area (TPSA) is 70.1 Å². The van der Waals surface area contributed by atoms with Crippen LogP contribution in [0.2, 0.25) is 0 Å². The van der Waals surface area contributed by atoms with E-state index in [-0.39, 0.29) is 5.69 Å². The first-order chi connectivity index (χ1) is 9.06. The normalized spacial score (nSPS) is 10.7. The number of hydrogen-bond donors (Lipinski definition) is 1. The van der Waals surface area contributed by atoms with Gasteiger partial charge >= 0.3 is 5.97 Å². The van der Waals surface area contributed by atoms with Gasteiger partial charge < -0.3 is 15.0 Å². The van der Waals surface area contributed by atoms with Crippen LogP contribution >= 0.6 is 27.3 Å². The number of aryl methyl sites for hydroxylation is 1. The highest BCUT2D eigenvalue weighted by Crippen LogP contribution is 2.25. The first-order valence-electron chi connectivity index (χ1n) is 5.74. The molecule has 2 rings (SSSR count). The SMILES string of the molecule is CCc1nc(C(=O)OC)c(N)n1Cc1ccc(Br)s1. The molecule has 5 nitrogen and oxygen atoms in total. The van der Waals surface area contributed by atoms with Crippen LogP contribution in [-0.2, 0) is 17.7 Å². The lowest BCUT2D eigenvalue weighted by atomic mass is 10.4. The molecule has 7 heteroatoms. The molecular formula is C12H14BrN3O2S. The van der Waals surface area contributed by atoms with Crippen LogP contribution in [0.25, 0.3) is 0 Å². The summed E-state index contributed by atoms with van der Waals surface area (Å²) in [4.78, 5) is 17.0. The number of imidazole rings is 1. The maximum Gasteiger partial charge on any atom is 0.360 e. The molecule has 0 aliphatic heterocycles. The molecule has 0 spiro atoms. The van der Waals surface area contributed by atoms with Crippen LogP contribution in [0.3, 0.4) is 0 Å². The standard InChI is InChI=1S/C12H14BrN3O2S/c1-3-9-15-10(12(17)18-2)11(14)16(9)6-7-4-5-8(13)19-7/h4-5H,3,6,14H2,1-2H3. The van der Waals surface area contributed by atoms with Crippen LogP contribution in [0.4, 0.5) is 5.82 Å². The third-order valence-electron chi connectivity index (χ3n) is 2.72. The molecule has 0 unspecified atom stereocenters. The number of nitrogens with zero attached hydrogens (tertiary/aromatic N) is 2. The Morgan fingerprint density at radius 1 is 1.58 bits per heavy atom. The van der Waals surface area contributed by atoms with Crippen molar-refractivity contribution in [3.63, 3.8) is 0 Å². The van der Waals surface area contributed by atoms with Crippen molar-refractivity contribution in [1.82, 2.24) is 9.55 Å². The van der Waals surface area contributed by atoms with Crippen LogP contribution in [0.1, 0.15) is 28.1 Å². The van der Waals surface area contributed by atoms with Crippen molar-refractivity contribution < 1.29 is 9.53 Å². The van der Waals surface area contributed by atoms with E-state index in [1.165, 1.54) is 7.11 Å². The van der Waals surface area contributed by atoms with Crippen molar-refractivity contribution in [2.75, 3.05) is 12.8 Å². The molecule has 0 saturated carbocycles. The van der Waals surface area contributed by atoms with Crippen LogP contribution in [0, 0.1) is 0 Å². The number of hydrogen-bond acceptors (Lipinski definition) is 5. The molecule has 0 bridgehead atoms. The smallest absolute Gasteiger partial charge is 0.360 e. The summed E-state index contributed by atoms with van der Waals surface area (Å²) in [6, 6.07) is 4.01. The Bertz CT molecular complexity index is 606. The zero-order chi connectivity index (χ0) is 14.0. The van der Waals surface area contributed by atoms with Gasteiger partial charge in [-0.15, -0.1) is 11.3 Å². The van der Waals surface area contributed by atoms with Crippen LogP contribution in [0.15, 0.2) is 15.9 Å². The zero-order valence-electron chi connectivity index (χ0n) is 10.6. The molecule has 0 aliphatic rings. The van der Waals surface area contributed by atoms with E-state index in [2.05, 4.69) is 25.7 Å². The summed E-state index contributed by atoms with van der Waals surface area (Å²) in [7, 11) is 1.32. The quantitative estimate of drug-likeness (QED) is 0.866. The molecule has 0 aliphatic carbocycles. The second kappa shape index (κ2) is 5.75. The van der Waals surface area contributed by atoms with Crippen LogP contribution < -0.4 is 5.73 Å². The molecule has 19 heavy (non-hydrogen) atoms. The molecule has 0 atom stereocenters. The number of carbonyl (C=O) groups excluding carboxylic acids is 1. The summed E-state index contributed by atoms with van der Waals surface area (Å²) in [5.41, 5.74) is 6.19. The van der Waals surface area contributed by atoms with Gasteiger partial charge in [-0.3, -0.25) is 0 Å². The number of esters is 1. The van der Waals surface area contributed by atoms with Crippen LogP contribution in [-0.4, -0.2) is 22.6 Å². The van der Waals surface area contributed by atoms with Crippen molar-refractivity contribution in [2.24, 2.45) is 0 Å². The number of halogens is 1. The minimum Gasteiger partial charge on any atom is -0.464 e. The van der Waals surface area contributed by atoms with Gasteiger partial charge in [-0.25, -0.2) is 9.78 Å². The lowest BCUT2D eigenvalue weighted by molar-refractivity contribution is 0.0595. The molecule has 2 aromatic heterocycles. The summed E-state index contributed by atoms with van der Waals surface area (Å²) in [6.07, 6.45) is 0.702. The molecule has 2 N–H and O–H groups in total. The number of carbonyl (C=O) groups is 1. The van der Waals surface area contributed by atoms with E-state index in [0.717, 1.165) is 14.5 Å².